The second-order valence-corrected chi connectivity index (χ2v) is 6.05. The number of halogens is 3. The van der Waals surface area contributed by atoms with Crippen LogP contribution in [0.4, 0.5) is 13.2 Å². The van der Waals surface area contributed by atoms with E-state index in [0.717, 1.165) is 5.56 Å². The van der Waals surface area contributed by atoms with Crippen LogP contribution < -0.4 is 9.47 Å². The molecule has 3 rings (SSSR count). The Hall–Kier alpha value is -3.21. The van der Waals surface area contributed by atoms with Gasteiger partial charge in [0.05, 0.1) is 6.61 Å². The maximum Gasteiger partial charge on any atom is 0.201 e. The molecule has 28 heavy (non-hydrogen) atoms. The average Bonchev–Trinajstić information content (AvgIpc) is 2.71. The van der Waals surface area contributed by atoms with Gasteiger partial charge >= 0.3 is 0 Å². The summed E-state index contributed by atoms with van der Waals surface area (Å²) in [5.41, 5.74) is 1.89. The molecule has 0 saturated carbocycles. The van der Waals surface area contributed by atoms with Gasteiger partial charge in [0.15, 0.2) is 11.6 Å². The molecule has 0 heterocycles. The predicted octanol–water partition coefficient (Wildman–Crippen LogP) is 6.39. The van der Waals surface area contributed by atoms with E-state index in [-0.39, 0.29) is 24.5 Å². The molecular formula is C23H19F3O2. The monoisotopic (exact) mass is 384 g/mol. The summed E-state index contributed by atoms with van der Waals surface area (Å²) < 4.78 is 52.7. The van der Waals surface area contributed by atoms with Gasteiger partial charge in [0.25, 0.3) is 0 Å². The normalized spacial score (nSPS) is 10.6. The van der Waals surface area contributed by atoms with E-state index in [0.29, 0.717) is 16.9 Å². The summed E-state index contributed by atoms with van der Waals surface area (Å²) in [6, 6.07) is 14.3. The van der Waals surface area contributed by atoms with Crippen molar-refractivity contribution in [3.63, 3.8) is 0 Å². The minimum Gasteiger partial charge on any atom is -0.491 e. The van der Waals surface area contributed by atoms with Crippen LogP contribution in [0.15, 0.2) is 61.2 Å². The van der Waals surface area contributed by atoms with Crippen LogP contribution in [-0.2, 0) is 6.61 Å². The highest BCUT2D eigenvalue weighted by Crippen LogP contribution is 2.30. The quantitative estimate of drug-likeness (QED) is 0.470. The average molecular weight is 384 g/mol. The molecular weight excluding hydrogens is 365 g/mol. The predicted molar refractivity (Wildman–Crippen MR) is 104 cm³/mol. The van der Waals surface area contributed by atoms with Crippen LogP contribution in [0.3, 0.4) is 0 Å². The molecule has 0 aromatic heterocycles. The van der Waals surface area contributed by atoms with Crippen molar-refractivity contribution in [1.29, 1.82) is 0 Å². The Kier molecular flexibility index (Phi) is 6.04. The van der Waals surface area contributed by atoms with Gasteiger partial charge in [-0.05, 0) is 42.3 Å². The molecule has 0 spiro atoms. The topological polar surface area (TPSA) is 18.5 Å². The minimum absolute atomic E-state index is 0.108. The number of rotatable bonds is 7. The highest BCUT2D eigenvalue weighted by atomic mass is 19.2. The highest BCUT2D eigenvalue weighted by Gasteiger charge is 2.15. The molecule has 0 unspecified atom stereocenters. The van der Waals surface area contributed by atoms with E-state index in [1.54, 1.807) is 43.3 Å². The molecule has 0 radical (unpaired) electrons. The van der Waals surface area contributed by atoms with E-state index in [1.165, 1.54) is 24.3 Å². The first kappa shape index (κ1) is 19.5. The largest absolute Gasteiger partial charge is 0.491 e. The van der Waals surface area contributed by atoms with Gasteiger partial charge in [-0.15, -0.1) is 0 Å². The first-order valence-electron chi connectivity index (χ1n) is 8.78. The van der Waals surface area contributed by atoms with Gasteiger partial charge in [-0.2, -0.15) is 4.39 Å². The molecule has 3 aromatic carbocycles. The third-order valence-corrected chi connectivity index (χ3v) is 4.21. The number of benzene rings is 3. The Morgan fingerprint density at radius 1 is 0.893 bits per heavy atom. The van der Waals surface area contributed by atoms with E-state index in [1.807, 2.05) is 0 Å². The number of ether oxygens (including phenoxy) is 2. The number of hydrogen-bond acceptors (Lipinski definition) is 2. The third kappa shape index (κ3) is 4.19. The molecule has 5 heteroatoms. The summed E-state index contributed by atoms with van der Waals surface area (Å²) in [5, 5.41) is 0. The molecule has 0 bridgehead atoms. The van der Waals surface area contributed by atoms with Crippen LogP contribution in [-0.4, -0.2) is 6.61 Å². The molecule has 3 aromatic rings. The van der Waals surface area contributed by atoms with Crippen molar-refractivity contribution in [2.45, 2.75) is 13.5 Å². The van der Waals surface area contributed by atoms with Gasteiger partial charge in [-0.1, -0.05) is 36.9 Å². The summed E-state index contributed by atoms with van der Waals surface area (Å²) >= 11 is 0. The van der Waals surface area contributed by atoms with Crippen molar-refractivity contribution in [1.82, 2.24) is 0 Å². The zero-order chi connectivity index (χ0) is 20.1. The van der Waals surface area contributed by atoms with E-state index in [4.69, 9.17) is 9.47 Å². The Morgan fingerprint density at radius 3 is 2.29 bits per heavy atom. The first-order chi connectivity index (χ1) is 13.5. The van der Waals surface area contributed by atoms with Crippen molar-refractivity contribution < 1.29 is 22.6 Å². The Labute approximate surface area is 161 Å². The SMILES string of the molecule is C=Cc1ccc(OCc2ccc(-c3ccc(OCC)c(F)c3F)cc2)cc1F. The zero-order valence-corrected chi connectivity index (χ0v) is 15.3. The van der Waals surface area contributed by atoms with Crippen molar-refractivity contribution >= 4 is 6.08 Å². The molecule has 0 atom stereocenters. The first-order valence-corrected chi connectivity index (χ1v) is 8.78. The fraction of sp³-hybridized carbons (Fsp3) is 0.130. The Balaban J connectivity index is 1.72. The van der Waals surface area contributed by atoms with E-state index >= 15 is 0 Å². The van der Waals surface area contributed by atoms with Crippen molar-refractivity contribution in [2.75, 3.05) is 6.61 Å². The second kappa shape index (κ2) is 8.65. The highest BCUT2D eigenvalue weighted by molar-refractivity contribution is 5.65. The van der Waals surface area contributed by atoms with Crippen LogP contribution in [0.5, 0.6) is 11.5 Å². The fourth-order valence-electron chi connectivity index (χ4n) is 2.73. The van der Waals surface area contributed by atoms with Gasteiger partial charge in [-0.25, -0.2) is 8.78 Å². The lowest BCUT2D eigenvalue weighted by atomic mass is 10.0. The van der Waals surface area contributed by atoms with Gasteiger partial charge < -0.3 is 9.47 Å². The molecule has 2 nitrogen and oxygen atoms in total. The van der Waals surface area contributed by atoms with E-state index in [9.17, 15) is 13.2 Å². The maximum atomic E-state index is 14.3. The molecule has 0 amide bonds. The van der Waals surface area contributed by atoms with Crippen molar-refractivity contribution in [3.05, 3.63) is 89.8 Å². The summed E-state index contributed by atoms with van der Waals surface area (Å²) in [7, 11) is 0. The summed E-state index contributed by atoms with van der Waals surface area (Å²) in [4.78, 5) is 0. The summed E-state index contributed by atoms with van der Waals surface area (Å²) in [5.74, 6) is -2.07. The maximum absolute atomic E-state index is 14.3. The van der Waals surface area contributed by atoms with Crippen LogP contribution in [0.25, 0.3) is 17.2 Å². The molecule has 0 aliphatic heterocycles. The molecule has 0 aliphatic carbocycles. The van der Waals surface area contributed by atoms with Gasteiger partial charge in [0.2, 0.25) is 5.82 Å². The van der Waals surface area contributed by atoms with Crippen LogP contribution in [0.2, 0.25) is 0 Å². The number of hydrogen-bond donors (Lipinski definition) is 0. The Morgan fingerprint density at radius 2 is 1.64 bits per heavy atom. The molecule has 0 fully saturated rings. The standard InChI is InChI=1S/C23H19F3O2/c1-3-16-9-10-18(13-20(16)24)28-14-15-5-7-17(8-6-15)19-11-12-21(27-4-2)23(26)22(19)25/h3,5-13H,1,4,14H2,2H3. The van der Waals surface area contributed by atoms with Gasteiger partial charge in [0.1, 0.15) is 18.2 Å². The van der Waals surface area contributed by atoms with Crippen LogP contribution >= 0.6 is 0 Å². The van der Waals surface area contributed by atoms with Crippen LogP contribution in [0, 0.1) is 17.5 Å². The fourth-order valence-corrected chi connectivity index (χ4v) is 2.73. The second-order valence-electron chi connectivity index (χ2n) is 6.05. The summed E-state index contributed by atoms with van der Waals surface area (Å²) in [6.07, 6.45) is 1.43. The van der Waals surface area contributed by atoms with E-state index in [2.05, 4.69) is 6.58 Å². The minimum atomic E-state index is -1.00. The smallest absolute Gasteiger partial charge is 0.201 e. The van der Waals surface area contributed by atoms with Gasteiger partial charge in [-0.3, -0.25) is 0 Å². The lowest BCUT2D eigenvalue weighted by molar-refractivity contribution is 0.304. The zero-order valence-electron chi connectivity index (χ0n) is 15.3. The molecule has 0 N–H and O–H groups in total. The van der Waals surface area contributed by atoms with Crippen molar-refractivity contribution in [3.8, 4) is 22.6 Å². The summed E-state index contributed by atoms with van der Waals surface area (Å²) in [6.45, 7) is 5.71. The molecule has 0 aliphatic rings. The van der Waals surface area contributed by atoms with Crippen LogP contribution in [0.1, 0.15) is 18.1 Å². The lowest BCUT2D eigenvalue weighted by Gasteiger charge is -2.10. The molecule has 0 saturated heterocycles. The Bertz CT molecular complexity index is 982. The van der Waals surface area contributed by atoms with E-state index < -0.39 is 17.5 Å². The molecule has 144 valence electrons. The van der Waals surface area contributed by atoms with Crippen molar-refractivity contribution in [2.24, 2.45) is 0 Å². The lowest BCUT2D eigenvalue weighted by Crippen LogP contribution is -1.99. The third-order valence-electron chi connectivity index (χ3n) is 4.21. The van der Waals surface area contributed by atoms with Gasteiger partial charge in [0, 0.05) is 17.2 Å².